The van der Waals surface area contributed by atoms with Gasteiger partial charge in [-0.05, 0) is 36.1 Å². The average molecular weight is 402 g/mol. The molecule has 0 aliphatic carbocycles. The molecule has 1 atom stereocenters. The fraction of sp³-hybridized carbons (Fsp3) is 0.222. The van der Waals surface area contributed by atoms with Crippen LogP contribution < -0.4 is 20.8 Å². The Kier molecular flexibility index (Phi) is 5.32. The minimum Gasteiger partial charge on any atom is -0.497 e. The lowest BCUT2D eigenvalue weighted by Gasteiger charge is -2.22. The Hall–Kier alpha value is -3.40. The van der Waals surface area contributed by atoms with Crippen LogP contribution in [0.5, 0.6) is 5.75 Å². The Morgan fingerprint density at radius 3 is 2.54 bits per heavy atom. The number of hydrogen-bond donors (Lipinski definition) is 3. The van der Waals surface area contributed by atoms with Crippen LogP contribution in [0.3, 0.4) is 0 Å². The molecule has 0 saturated carbocycles. The maximum atomic E-state index is 12.8. The van der Waals surface area contributed by atoms with E-state index >= 15 is 0 Å². The number of methoxy groups -OCH3 is 1. The van der Waals surface area contributed by atoms with E-state index in [1.54, 1.807) is 48.7 Å². The van der Waals surface area contributed by atoms with Crippen LogP contribution in [-0.4, -0.2) is 42.4 Å². The van der Waals surface area contributed by atoms with Gasteiger partial charge in [-0.1, -0.05) is 18.2 Å². The van der Waals surface area contributed by atoms with Gasteiger partial charge in [0.05, 0.1) is 18.5 Å². The van der Waals surface area contributed by atoms with Gasteiger partial charge in [-0.2, -0.15) is 5.01 Å². The predicted molar refractivity (Wildman–Crippen MR) is 101 cm³/mol. The predicted octanol–water partition coefficient (Wildman–Crippen LogP) is 0.985. The number of nitrogens with one attached hydrogen (secondary N) is 3. The molecular formula is C18H18N4O5S. The zero-order valence-electron chi connectivity index (χ0n) is 15.1. The number of nitrogens with zero attached hydrogens (tertiary/aromatic N) is 1. The van der Waals surface area contributed by atoms with Gasteiger partial charge in [0.1, 0.15) is 11.3 Å². The first-order chi connectivity index (χ1) is 13.3. The largest absolute Gasteiger partial charge is 0.497 e. The molecule has 9 nitrogen and oxygen atoms in total. The summed E-state index contributed by atoms with van der Waals surface area (Å²) in [5.41, 5.74) is 1.42. The van der Waals surface area contributed by atoms with Gasteiger partial charge in [-0.15, -0.1) is 11.3 Å². The second-order valence-electron chi connectivity index (χ2n) is 6.12. The number of hydrogen-bond acceptors (Lipinski definition) is 6. The number of ether oxygens (including phenoxy) is 1. The van der Waals surface area contributed by atoms with Gasteiger partial charge >= 0.3 is 6.03 Å². The number of urea groups is 1. The highest BCUT2D eigenvalue weighted by atomic mass is 32.1. The lowest BCUT2D eigenvalue weighted by atomic mass is 9.92. The van der Waals surface area contributed by atoms with Crippen molar-refractivity contribution in [3.8, 4) is 5.75 Å². The second-order valence-corrected chi connectivity index (χ2v) is 7.07. The number of hydrazine groups is 1. The monoisotopic (exact) mass is 402 g/mol. The highest BCUT2D eigenvalue weighted by Gasteiger charge is 2.50. The van der Waals surface area contributed by atoms with E-state index in [-0.39, 0.29) is 6.54 Å². The molecule has 10 heteroatoms. The second kappa shape index (κ2) is 7.69. The molecule has 2 aromatic rings. The molecular weight excluding hydrogens is 384 g/mol. The van der Waals surface area contributed by atoms with Gasteiger partial charge in [0.2, 0.25) is 0 Å². The van der Waals surface area contributed by atoms with E-state index in [0.29, 0.717) is 21.2 Å². The van der Waals surface area contributed by atoms with Crippen LogP contribution in [0.15, 0.2) is 41.8 Å². The third-order valence-corrected chi connectivity index (χ3v) is 5.12. The molecule has 1 saturated heterocycles. The molecule has 1 fully saturated rings. The fourth-order valence-electron chi connectivity index (χ4n) is 2.68. The summed E-state index contributed by atoms with van der Waals surface area (Å²) in [6.07, 6.45) is 0. The summed E-state index contributed by atoms with van der Waals surface area (Å²) in [6.45, 7) is 1.16. The first kappa shape index (κ1) is 19.4. The number of rotatable bonds is 6. The highest BCUT2D eigenvalue weighted by Crippen LogP contribution is 2.29. The summed E-state index contributed by atoms with van der Waals surface area (Å²) in [7, 11) is 1.52. The molecule has 1 aliphatic rings. The topological polar surface area (TPSA) is 117 Å². The van der Waals surface area contributed by atoms with E-state index in [1.165, 1.54) is 18.4 Å². The lowest BCUT2D eigenvalue weighted by Crippen LogP contribution is -2.50. The van der Waals surface area contributed by atoms with Crippen molar-refractivity contribution in [1.82, 2.24) is 21.1 Å². The molecule has 1 aromatic carbocycles. The van der Waals surface area contributed by atoms with Crippen molar-refractivity contribution in [2.45, 2.75) is 12.5 Å². The Morgan fingerprint density at radius 1 is 1.21 bits per heavy atom. The molecule has 1 aromatic heterocycles. The summed E-state index contributed by atoms with van der Waals surface area (Å²) in [5, 5.41) is 7.36. The number of benzene rings is 1. The number of thiophene rings is 1. The molecule has 3 rings (SSSR count). The molecule has 0 unspecified atom stereocenters. The zero-order valence-corrected chi connectivity index (χ0v) is 16.0. The van der Waals surface area contributed by atoms with Gasteiger partial charge in [-0.3, -0.25) is 19.8 Å². The quantitative estimate of drug-likeness (QED) is 0.623. The Labute approximate surface area is 164 Å². The van der Waals surface area contributed by atoms with Crippen LogP contribution in [0.1, 0.15) is 22.2 Å². The van der Waals surface area contributed by atoms with Gasteiger partial charge < -0.3 is 15.4 Å². The molecule has 5 amide bonds. The molecule has 146 valence electrons. The molecule has 28 heavy (non-hydrogen) atoms. The van der Waals surface area contributed by atoms with E-state index in [0.717, 1.165) is 0 Å². The van der Waals surface area contributed by atoms with Gasteiger partial charge in [-0.25, -0.2) is 4.79 Å². The third kappa shape index (κ3) is 3.67. The molecule has 0 spiro atoms. The molecule has 0 bridgehead atoms. The maximum absolute atomic E-state index is 12.8. The Morgan fingerprint density at radius 2 is 1.93 bits per heavy atom. The highest BCUT2D eigenvalue weighted by molar-refractivity contribution is 7.12. The Bertz CT molecular complexity index is 913. The standard InChI is InChI=1S/C18H18N4O5S/c1-18(11-5-7-12(27-2)8-6-11)16(25)22(17(26)20-18)21-14(23)10-19-15(24)13-4-3-9-28-13/h3-9H,10H2,1-2H3,(H,19,24)(H,20,26)(H,21,23)/t18-/m1/s1. The zero-order chi connectivity index (χ0) is 20.3. The smallest absolute Gasteiger partial charge is 0.344 e. The van der Waals surface area contributed by atoms with E-state index < -0.39 is 29.3 Å². The van der Waals surface area contributed by atoms with Crippen molar-refractivity contribution in [1.29, 1.82) is 0 Å². The number of imide groups is 1. The minimum atomic E-state index is -1.34. The Balaban J connectivity index is 1.64. The summed E-state index contributed by atoms with van der Waals surface area (Å²) in [5.74, 6) is -1.14. The maximum Gasteiger partial charge on any atom is 0.344 e. The first-order valence-electron chi connectivity index (χ1n) is 8.27. The summed E-state index contributed by atoms with van der Waals surface area (Å²) in [4.78, 5) is 49.4. The third-order valence-electron chi connectivity index (χ3n) is 4.25. The van der Waals surface area contributed by atoms with E-state index in [4.69, 9.17) is 4.74 Å². The van der Waals surface area contributed by atoms with Crippen LogP contribution >= 0.6 is 11.3 Å². The first-order valence-corrected chi connectivity index (χ1v) is 9.15. The summed E-state index contributed by atoms with van der Waals surface area (Å²) >= 11 is 1.23. The van der Waals surface area contributed by atoms with Crippen LogP contribution in [-0.2, 0) is 15.1 Å². The van der Waals surface area contributed by atoms with Crippen LogP contribution in [0.4, 0.5) is 4.79 Å². The normalized spacial score (nSPS) is 18.6. The SMILES string of the molecule is COc1ccc([C@@]2(C)NC(=O)N(NC(=O)CNC(=O)c3cccs3)C2=O)cc1. The van der Waals surface area contributed by atoms with Crippen LogP contribution in [0, 0.1) is 0 Å². The van der Waals surface area contributed by atoms with Crippen molar-refractivity contribution >= 4 is 35.1 Å². The van der Waals surface area contributed by atoms with Gasteiger partial charge in [0.25, 0.3) is 17.7 Å². The van der Waals surface area contributed by atoms with Gasteiger partial charge in [0.15, 0.2) is 0 Å². The summed E-state index contributed by atoms with van der Waals surface area (Å²) < 4.78 is 5.09. The minimum absolute atomic E-state index is 0.382. The van der Waals surface area contributed by atoms with Crippen molar-refractivity contribution in [2.75, 3.05) is 13.7 Å². The fourth-order valence-corrected chi connectivity index (χ4v) is 3.32. The molecule has 3 N–H and O–H groups in total. The van der Waals surface area contributed by atoms with Gasteiger partial charge in [0, 0.05) is 0 Å². The van der Waals surface area contributed by atoms with Crippen molar-refractivity contribution < 1.29 is 23.9 Å². The number of carbonyl (C=O) groups is 4. The van der Waals surface area contributed by atoms with Crippen molar-refractivity contribution in [3.05, 3.63) is 52.2 Å². The van der Waals surface area contributed by atoms with Crippen molar-refractivity contribution in [3.63, 3.8) is 0 Å². The molecule has 0 radical (unpaired) electrons. The van der Waals surface area contributed by atoms with E-state index in [1.807, 2.05) is 0 Å². The average Bonchev–Trinajstić information content (AvgIpc) is 3.30. The molecule has 1 aliphatic heterocycles. The van der Waals surface area contributed by atoms with E-state index in [2.05, 4.69) is 16.1 Å². The van der Waals surface area contributed by atoms with Crippen molar-refractivity contribution in [2.24, 2.45) is 0 Å². The number of amides is 5. The summed E-state index contributed by atoms with van der Waals surface area (Å²) in [6, 6.07) is 9.22. The molecule has 2 heterocycles. The van der Waals surface area contributed by atoms with Crippen LogP contribution in [0.25, 0.3) is 0 Å². The van der Waals surface area contributed by atoms with E-state index in [9.17, 15) is 19.2 Å². The number of carbonyl (C=O) groups excluding carboxylic acids is 4. The lowest BCUT2D eigenvalue weighted by molar-refractivity contribution is -0.138. The van der Waals surface area contributed by atoms with Crippen LogP contribution in [0.2, 0.25) is 0 Å².